The molecule has 112 valence electrons. The third-order valence-corrected chi connectivity index (χ3v) is 5.54. The van der Waals surface area contributed by atoms with Crippen LogP contribution < -0.4 is 5.32 Å². The normalized spacial score (nSPS) is 19.0. The van der Waals surface area contributed by atoms with Crippen molar-refractivity contribution in [1.82, 2.24) is 4.98 Å². The van der Waals surface area contributed by atoms with Gasteiger partial charge < -0.3 is 10.4 Å². The van der Waals surface area contributed by atoms with Gasteiger partial charge in [0.05, 0.1) is 5.69 Å². The number of nitrogens with zero attached hydrogens (tertiary/aromatic N) is 1. The molecule has 6 heteroatoms. The van der Waals surface area contributed by atoms with Crippen LogP contribution in [-0.2, 0) is 17.6 Å². The molecule has 2 heterocycles. The van der Waals surface area contributed by atoms with E-state index in [1.807, 2.05) is 0 Å². The monoisotopic (exact) mass is 322 g/mol. The smallest absolute Gasteiger partial charge is 0.312 e. The third-order valence-electron chi connectivity index (χ3n) is 3.74. The van der Waals surface area contributed by atoms with Gasteiger partial charge in [0, 0.05) is 10.9 Å². The lowest BCUT2D eigenvalue weighted by Crippen LogP contribution is -2.19. The molecule has 0 bridgehead atoms. The number of aromatic nitrogens is 1. The van der Waals surface area contributed by atoms with Crippen LogP contribution in [0, 0.1) is 0 Å². The number of carbonyl (C=O) groups is 1. The first kappa shape index (κ1) is 14.5. The van der Waals surface area contributed by atoms with Crippen LogP contribution in [0.25, 0.3) is 0 Å². The highest BCUT2D eigenvalue weighted by Crippen LogP contribution is 2.37. The zero-order valence-corrected chi connectivity index (χ0v) is 13.5. The molecule has 1 aliphatic carbocycles. The van der Waals surface area contributed by atoms with Crippen molar-refractivity contribution in [2.24, 2.45) is 0 Å². The highest BCUT2D eigenvalue weighted by Gasteiger charge is 2.30. The van der Waals surface area contributed by atoms with Gasteiger partial charge in [-0.1, -0.05) is 0 Å². The van der Waals surface area contributed by atoms with E-state index >= 15 is 0 Å². The van der Waals surface area contributed by atoms with Crippen molar-refractivity contribution < 1.29 is 9.90 Å². The maximum absolute atomic E-state index is 11.3. The summed E-state index contributed by atoms with van der Waals surface area (Å²) in [6.45, 7) is 2.13. The predicted octanol–water partition coefficient (Wildman–Crippen LogP) is 3.75. The average Bonchev–Trinajstić information content (AvgIpc) is 3.06. The molecule has 0 spiro atoms. The van der Waals surface area contributed by atoms with Crippen LogP contribution >= 0.6 is 22.7 Å². The fourth-order valence-corrected chi connectivity index (χ4v) is 4.60. The fourth-order valence-electron chi connectivity index (χ4n) is 2.74. The van der Waals surface area contributed by atoms with Gasteiger partial charge in [-0.2, -0.15) is 11.3 Å². The summed E-state index contributed by atoms with van der Waals surface area (Å²) in [5.41, 5.74) is 2.11. The molecule has 2 atom stereocenters. The van der Waals surface area contributed by atoms with Gasteiger partial charge in [0.1, 0.15) is 5.92 Å². The van der Waals surface area contributed by atoms with E-state index in [9.17, 15) is 9.90 Å². The minimum absolute atomic E-state index is 0.287. The van der Waals surface area contributed by atoms with E-state index in [1.54, 1.807) is 22.7 Å². The SMILES string of the molecule is CC(Cc1ccsc1)Nc1nc2c(s1)CCCC2C(=O)O. The number of carboxylic acids is 1. The number of anilines is 1. The maximum Gasteiger partial charge on any atom is 0.312 e. The van der Waals surface area contributed by atoms with E-state index in [4.69, 9.17) is 0 Å². The van der Waals surface area contributed by atoms with Gasteiger partial charge in [-0.3, -0.25) is 4.79 Å². The molecule has 0 aliphatic heterocycles. The lowest BCUT2D eigenvalue weighted by Gasteiger charge is -2.16. The summed E-state index contributed by atoms with van der Waals surface area (Å²) in [6, 6.07) is 2.42. The van der Waals surface area contributed by atoms with E-state index in [-0.39, 0.29) is 6.04 Å². The number of rotatable bonds is 5. The number of hydrogen-bond donors (Lipinski definition) is 2. The Labute approximate surface area is 131 Å². The van der Waals surface area contributed by atoms with Gasteiger partial charge in [-0.15, -0.1) is 11.3 Å². The summed E-state index contributed by atoms with van der Waals surface area (Å²) in [7, 11) is 0. The molecule has 2 aromatic heterocycles. The van der Waals surface area contributed by atoms with E-state index in [0.29, 0.717) is 6.42 Å². The molecule has 0 saturated heterocycles. The minimum Gasteiger partial charge on any atom is -0.481 e. The van der Waals surface area contributed by atoms with E-state index in [2.05, 4.69) is 34.1 Å². The molecule has 2 N–H and O–H groups in total. The maximum atomic E-state index is 11.3. The first-order chi connectivity index (χ1) is 10.1. The first-order valence-electron chi connectivity index (χ1n) is 7.13. The molecule has 0 saturated carbocycles. The summed E-state index contributed by atoms with van der Waals surface area (Å²) >= 11 is 3.32. The van der Waals surface area contributed by atoms with Crippen molar-refractivity contribution in [2.45, 2.75) is 44.6 Å². The zero-order chi connectivity index (χ0) is 14.8. The van der Waals surface area contributed by atoms with Crippen LogP contribution in [0.15, 0.2) is 16.8 Å². The lowest BCUT2D eigenvalue weighted by molar-refractivity contribution is -0.139. The van der Waals surface area contributed by atoms with Crippen LogP contribution in [0.1, 0.15) is 41.8 Å². The third kappa shape index (κ3) is 3.27. The van der Waals surface area contributed by atoms with Gasteiger partial charge >= 0.3 is 5.97 Å². The summed E-state index contributed by atoms with van der Waals surface area (Å²) < 4.78 is 0. The Balaban J connectivity index is 1.71. The molecule has 0 radical (unpaired) electrons. The van der Waals surface area contributed by atoms with Crippen molar-refractivity contribution in [1.29, 1.82) is 0 Å². The largest absolute Gasteiger partial charge is 0.481 e. The van der Waals surface area contributed by atoms with Crippen LogP contribution in [0.4, 0.5) is 5.13 Å². The number of aliphatic carboxylic acids is 1. The van der Waals surface area contributed by atoms with Crippen LogP contribution in [0.2, 0.25) is 0 Å². The van der Waals surface area contributed by atoms with Gasteiger partial charge in [-0.05, 0) is 55.0 Å². The van der Waals surface area contributed by atoms with Crippen LogP contribution in [-0.4, -0.2) is 22.1 Å². The molecule has 4 nitrogen and oxygen atoms in total. The van der Waals surface area contributed by atoms with Crippen molar-refractivity contribution >= 4 is 33.8 Å². The quantitative estimate of drug-likeness (QED) is 0.880. The number of fused-ring (bicyclic) bond motifs is 1. The van der Waals surface area contributed by atoms with Crippen LogP contribution in [0.3, 0.4) is 0 Å². The van der Waals surface area contributed by atoms with Gasteiger partial charge in [0.2, 0.25) is 0 Å². The fraction of sp³-hybridized carbons (Fsp3) is 0.467. The molecule has 3 rings (SSSR count). The van der Waals surface area contributed by atoms with Gasteiger partial charge in [0.25, 0.3) is 0 Å². The Hall–Kier alpha value is -1.40. The van der Waals surface area contributed by atoms with Crippen molar-refractivity contribution in [2.75, 3.05) is 5.32 Å². The Morgan fingerprint density at radius 1 is 1.62 bits per heavy atom. The topological polar surface area (TPSA) is 62.2 Å². The second-order valence-electron chi connectivity index (χ2n) is 5.49. The Kier molecular flexibility index (Phi) is 4.26. The molecule has 0 aromatic carbocycles. The van der Waals surface area contributed by atoms with E-state index in [0.717, 1.165) is 35.0 Å². The van der Waals surface area contributed by atoms with E-state index < -0.39 is 11.9 Å². The predicted molar refractivity (Wildman–Crippen MR) is 86.5 cm³/mol. The molecule has 21 heavy (non-hydrogen) atoms. The summed E-state index contributed by atoms with van der Waals surface area (Å²) in [5.74, 6) is -1.17. The Morgan fingerprint density at radius 3 is 3.19 bits per heavy atom. The number of hydrogen-bond acceptors (Lipinski definition) is 5. The number of thiophene rings is 1. The highest BCUT2D eigenvalue weighted by atomic mass is 32.1. The molecule has 0 amide bonds. The summed E-state index contributed by atoms with van der Waals surface area (Å²) in [4.78, 5) is 17.0. The molecule has 2 unspecified atom stereocenters. The van der Waals surface area contributed by atoms with E-state index in [1.165, 1.54) is 5.56 Å². The van der Waals surface area contributed by atoms with Crippen molar-refractivity contribution in [3.63, 3.8) is 0 Å². The van der Waals surface area contributed by atoms with Crippen molar-refractivity contribution in [3.05, 3.63) is 33.0 Å². The Morgan fingerprint density at radius 2 is 2.48 bits per heavy atom. The number of nitrogens with one attached hydrogen (secondary N) is 1. The number of carboxylic acid groups (broad SMARTS) is 1. The van der Waals surface area contributed by atoms with Gasteiger partial charge in [0.15, 0.2) is 5.13 Å². The second-order valence-corrected chi connectivity index (χ2v) is 7.36. The molecule has 2 aromatic rings. The Bertz CT molecular complexity index is 622. The number of thiazole rings is 1. The zero-order valence-electron chi connectivity index (χ0n) is 11.8. The average molecular weight is 322 g/mol. The number of aryl methyl sites for hydroxylation is 1. The highest BCUT2D eigenvalue weighted by molar-refractivity contribution is 7.15. The van der Waals surface area contributed by atoms with Crippen molar-refractivity contribution in [3.8, 4) is 0 Å². The van der Waals surface area contributed by atoms with Crippen LogP contribution in [0.5, 0.6) is 0 Å². The minimum atomic E-state index is -0.751. The molecular formula is C15H18N2O2S2. The summed E-state index contributed by atoms with van der Waals surface area (Å²) in [5, 5.41) is 17.8. The first-order valence-corrected chi connectivity index (χ1v) is 8.89. The van der Waals surface area contributed by atoms with Gasteiger partial charge in [-0.25, -0.2) is 4.98 Å². The lowest BCUT2D eigenvalue weighted by atomic mass is 9.91. The second kappa shape index (κ2) is 6.15. The molecular weight excluding hydrogens is 304 g/mol. The summed E-state index contributed by atoms with van der Waals surface area (Å²) in [6.07, 6.45) is 3.56. The standard InChI is InChI=1S/C15H18N2O2S2/c1-9(7-10-5-6-20-8-10)16-15-17-13-11(14(18)19)3-2-4-12(13)21-15/h5-6,8-9,11H,2-4,7H2,1H3,(H,16,17)(H,18,19). The molecule has 0 fully saturated rings. The molecule has 1 aliphatic rings.